The molecule has 0 radical (unpaired) electrons. The predicted molar refractivity (Wildman–Crippen MR) is 207 cm³/mol. The van der Waals surface area contributed by atoms with Crippen LogP contribution in [0.5, 0.6) is 0 Å². The van der Waals surface area contributed by atoms with Gasteiger partial charge in [-0.05, 0) is 59.2 Å². The number of aliphatic hydroxyl groups is 4. The van der Waals surface area contributed by atoms with Crippen LogP contribution in [0.4, 0.5) is 11.4 Å². The molecule has 0 aliphatic carbocycles. The van der Waals surface area contributed by atoms with E-state index in [0.29, 0.717) is 0 Å². The second kappa shape index (κ2) is 14.1. The molecular weight excluding hydrogens is 654 g/mol. The number of amides is 1. The summed E-state index contributed by atoms with van der Waals surface area (Å²) < 4.78 is 7.53. The highest BCUT2D eigenvalue weighted by molar-refractivity contribution is 6.07. The fourth-order valence-corrected chi connectivity index (χ4v) is 8.38. The van der Waals surface area contributed by atoms with Crippen LogP contribution in [0.1, 0.15) is 46.2 Å². The van der Waals surface area contributed by atoms with Gasteiger partial charge in [-0.1, -0.05) is 94.1 Å². The third kappa shape index (κ3) is 6.06. The standard InChI is InChI=1S/C42H45N3O6.CH4/c1-41(2)32(44(5)29-21-19-25-13-9-11-15-27(25)35(29)41)17-7-6-8-18-33-42(3,4)36-28-16-12-10-14-26(28)20-22-30(36)45(33)23-34(47)43-37-39(49)38(48)31(24-46)51-40(37)50;/h6-22,31,37-40,46,48-50H,23-24H2,1-5H3;1H4/p+1. The number of carbonyl (C=O) groups excluding carboxylic acids is 1. The lowest BCUT2D eigenvalue weighted by atomic mass is 9.79. The number of carbonyl (C=O) groups is 1. The molecule has 1 fully saturated rings. The van der Waals surface area contributed by atoms with Gasteiger partial charge in [-0.25, -0.2) is 0 Å². The topological polar surface area (TPSA) is 126 Å². The first-order valence-corrected chi connectivity index (χ1v) is 17.4. The molecule has 7 rings (SSSR count). The van der Waals surface area contributed by atoms with Gasteiger partial charge in [0, 0.05) is 34.5 Å². The molecule has 3 heterocycles. The average Bonchev–Trinajstić information content (AvgIpc) is 3.45. The van der Waals surface area contributed by atoms with Gasteiger partial charge >= 0.3 is 0 Å². The van der Waals surface area contributed by atoms with Crippen LogP contribution < -0.4 is 10.2 Å². The summed E-state index contributed by atoms with van der Waals surface area (Å²) in [6, 6.07) is 23.9. The number of benzene rings is 4. The van der Waals surface area contributed by atoms with Crippen LogP contribution >= 0.6 is 0 Å². The molecule has 9 nitrogen and oxygen atoms in total. The maximum Gasteiger partial charge on any atom is 0.240 e. The summed E-state index contributed by atoms with van der Waals surface area (Å²) in [6.07, 6.45) is 4.48. The molecule has 5 N–H and O–H groups in total. The first-order valence-electron chi connectivity index (χ1n) is 17.4. The Kier molecular flexibility index (Phi) is 10.0. The molecule has 3 aliphatic rings. The highest BCUT2D eigenvalue weighted by Gasteiger charge is 2.46. The van der Waals surface area contributed by atoms with E-state index in [1.165, 1.54) is 27.7 Å². The zero-order valence-electron chi connectivity index (χ0n) is 29.6. The van der Waals surface area contributed by atoms with E-state index in [2.05, 4.69) is 105 Å². The van der Waals surface area contributed by atoms with E-state index in [-0.39, 0.29) is 19.4 Å². The highest BCUT2D eigenvalue weighted by atomic mass is 16.6. The molecule has 9 heteroatoms. The van der Waals surface area contributed by atoms with Crippen LogP contribution in [0.25, 0.3) is 21.5 Å². The Hall–Kier alpha value is -4.64. The molecule has 1 amide bonds. The number of rotatable bonds is 7. The lowest BCUT2D eigenvalue weighted by Crippen LogP contribution is -2.64. The first kappa shape index (κ1) is 37.1. The fraction of sp³-hybridized carbons (Fsp3) is 0.349. The summed E-state index contributed by atoms with van der Waals surface area (Å²) in [5.74, 6) is -0.474. The monoisotopic (exact) mass is 704 g/mol. The molecule has 4 aromatic rings. The van der Waals surface area contributed by atoms with Gasteiger partial charge in [0.05, 0.1) is 12.0 Å². The minimum Gasteiger partial charge on any atom is -0.394 e. The van der Waals surface area contributed by atoms with Gasteiger partial charge in [0.15, 0.2) is 12.0 Å². The number of nitrogens with zero attached hydrogens (tertiary/aromatic N) is 2. The molecular formula is C43H50N3O6+. The van der Waals surface area contributed by atoms with Crippen LogP contribution in [0.2, 0.25) is 0 Å². The van der Waals surface area contributed by atoms with Crippen molar-refractivity contribution in [2.45, 2.75) is 76.6 Å². The van der Waals surface area contributed by atoms with Crippen molar-refractivity contribution in [3.63, 3.8) is 0 Å². The summed E-state index contributed by atoms with van der Waals surface area (Å²) in [6.45, 7) is 8.13. The van der Waals surface area contributed by atoms with Crippen molar-refractivity contribution in [2.24, 2.45) is 0 Å². The van der Waals surface area contributed by atoms with E-state index in [1.54, 1.807) is 0 Å². The van der Waals surface area contributed by atoms with Gasteiger partial charge in [-0.2, -0.15) is 4.58 Å². The van der Waals surface area contributed by atoms with Crippen molar-refractivity contribution < 1.29 is 34.5 Å². The minimum absolute atomic E-state index is 0. The minimum atomic E-state index is -1.60. The van der Waals surface area contributed by atoms with Crippen LogP contribution in [0.15, 0.2) is 109 Å². The molecule has 5 atom stereocenters. The second-order valence-electron chi connectivity index (χ2n) is 14.8. The maximum absolute atomic E-state index is 13.6. The van der Waals surface area contributed by atoms with Crippen molar-refractivity contribution >= 4 is 44.5 Å². The van der Waals surface area contributed by atoms with E-state index in [0.717, 1.165) is 27.7 Å². The molecule has 1 saturated heterocycles. The third-order valence-electron chi connectivity index (χ3n) is 10.9. The van der Waals surface area contributed by atoms with E-state index in [4.69, 9.17) is 4.74 Å². The largest absolute Gasteiger partial charge is 0.394 e. The molecule has 0 saturated carbocycles. The molecule has 3 aliphatic heterocycles. The molecule has 0 bridgehead atoms. The highest BCUT2D eigenvalue weighted by Crippen LogP contribution is 2.50. The number of anilines is 1. The summed E-state index contributed by atoms with van der Waals surface area (Å²) in [5.41, 5.74) is 5.93. The number of allylic oxidation sites excluding steroid dienone is 6. The quantitative estimate of drug-likeness (QED) is 0.130. The molecule has 52 heavy (non-hydrogen) atoms. The van der Waals surface area contributed by atoms with Crippen LogP contribution in [-0.2, 0) is 20.4 Å². The van der Waals surface area contributed by atoms with Crippen LogP contribution in [0.3, 0.4) is 0 Å². The van der Waals surface area contributed by atoms with Crippen molar-refractivity contribution in [1.29, 1.82) is 0 Å². The van der Waals surface area contributed by atoms with Crippen LogP contribution in [0, 0.1) is 0 Å². The van der Waals surface area contributed by atoms with Crippen molar-refractivity contribution in [3.8, 4) is 0 Å². The lowest BCUT2D eigenvalue weighted by molar-refractivity contribution is -0.401. The zero-order valence-corrected chi connectivity index (χ0v) is 29.6. The van der Waals surface area contributed by atoms with Gasteiger partial charge in [0.25, 0.3) is 0 Å². The summed E-state index contributed by atoms with van der Waals surface area (Å²) in [5, 5.41) is 48.3. The molecule has 0 aromatic heterocycles. The van der Waals surface area contributed by atoms with Gasteiger partial charge in [0.2, 0.25) is 11.6 Å². The molecule has 4 aromatic carbocycles. The normalized spacial score (nSPS) is 25.7. The third-order valence-corrected chi connectivity index (χ3v) is 10.9. The zero-order chi connectivity index (χ0) is 36.2. The summed E-state index contributed by atoms with van der Waals surface area (Å²) >= 11 is 0. The Balaban J connectivity index is 0.00000464. The summed E-state index contributed by atoms with van der Waals surface area (Å²) in [4.78, 5) is 15.6. The van der Waals surface area contributed by atoms with Crippen molar-refractivity contribution in [2.75, 3.05) is 25.1 Å². The van der Waals surface area contributed by atoms with E-state index in [1.807, 2.05) is 47.4 Å². The predicted octanol–water partition coefficient (Wildman–Crippen LogP) is 5.35. The first-order chi connectivity index (χ1) is 24.4. The molecule has 0 spiro atoms. The Morgan fingerprint density at radius 3 is 2.15 bits per heavy atom. The number of ether oxygens (including phenoxy) is 1. The smallest absolute Gasteiger partial charge is 0.240 e. The van der Waals surface area contributed by atoms with E-state index < -0.39 is 48.6 Å². The number of fused-ring (bicyclic) bond motifs is 6. The van der Waals surface area contributed by atoms with Gasteiger partial charge < -0.3 is 35.4 Å². The number of hydrogen-bond donors (Lipinski definition) is 5. The Morgan fingerprint density at radius 1 is 0.846 bits per heavy atom. The second-order valence-corrected chi connectivity index (χ2v) is 14.8. The Bertz CT molecular complexity index is 2150. The van der Waals surface area contributed by atoms with Crippen molar-refractivity contribution in [3.05, 3.63) is 120 Å². The Morgan fingerprint density at radius 2 is 1.48 bits per heavy atom. The fourth-order valence-electron chi connectivity index (χ4n) is 8.38. The summed E-state index contributed by atoms with van der Waals surface area (Å²) in [7, 11) is 2.11. The Labute approximate surface area is 305 Å². The average molecular weight is 705 g/mol. The number of hydrogen-bond acceptors (Lipinski definition) is 7. The van der Waals surface area contributed by atoms with Gasteiger partial charge in [-0.15, -0.1) is 0 Å². The molecule has 272 valence electrons. The number of aliphatic hydroxyl groups excluding tert-OH is 4. The van der Waals surface area contributed by atoms with E-state index in [9.17, 15) is 25.2 Å². The van der Waals surface area contributed by atoms with Crippen LogP contribution in [-0.4, -0.2) is 87.5 Å². The van der Waals surface area contributed by atoms with Gasteiger partial charge in [0.1, 0.15) is 37.9 Å². The van der Waals surface area contributed by atoms with Gasteiger partial charge in [-0.3, -0.25) is 4.79 Å². The number of nitrogens with one attached hydrogen (secondary N) is 1. The molecule has 5 unspecified atom stereocenters. The SMILES string of the molecule is C.C[N+]1=C(C=CC=CC=C2N(CC(=O)NC3C(O)OC(CO)C(O)C3O)c3ccc4ccccc4c3C2(C)C)C(C)(C)c2c1ccc1ccccc21. The lowest BCUT2D eigenvalue weighted by Gasteiger charge is -2.40. The van der Waals surface area contributed by atoms with E-state index >= 15 is 0 Å². The maximum atomic E-state index is 13.6. The van der Waals surface area contributed by atoms with Crippen molar-refractivity contribution in [1.82, 2.24) is 5.32 Å².